The van der Waals surface area contributed by atoms with Gasteiger partial charge in [0, 0.05) is 17.4 Å². The average molecular weight is 348 g/mol. The molecule has 24 heavy (non-hydrogen) atoms. The summed E-state index contributed by atoms with van der Waals surface area (Å²) in [4.78, 5) is 27.1. The Morgan fingerprint density at radius 3 is 2.67 bits per heavy atom. The molecular formula is C17H20N2O4S. The number of carboxylic acid groups (broad SMARTS) is 1. The minimum Gasteiger partial charge on any atom is -0.481 e. The third kappa shape index (κ3) is 5.13. The SMILES string of the molecule is CC(NC(=O)CSCc1coc(-c2ccccc2)n1)C(C)C(=O)O. The van der Waals surface area contributed by atoms with Crippen molar-refractivity contribution in [3.63, 3.8) is 0 Å². The molecule has 1 aromatic carbocycles. The van der Waals surface area contributed by atoms with Gasteiger partial charge in [0.05, 0.1) is 17.4 Å². The molecule has 2 atom stereocenters. The molecule has 1 heterocycles. The van der Waals surface area contributed by atoms with Gasteiger partial charge >= 0.3 is 5.97 Å². The molecule has 6 nitrogen and oxygen atoms in total. The van der Waals surface area contributed by atoms with Crippen molar-refractivity contribution in [3.05, 3.63) is 42.3 Å². The van der Waals surface area contributed by atoms with E-state index in [1.807, 2.05) is 30.3 Å². The molecule has 2 N–H and O–H groups in total. The van der Waals surface area contributed by atoms with Crippen LogP contribution in [-0.2, 0) is 15.3 Å². The van der Waals surface area contributed by atoms with Crippen molar-refractivity contribution in [1.29, 1.82) is 0 Å². The highest BCUT2D eigenvalue weighted by molar-refractivity contribution is 7.99. The predicted octanol–water partition coefficient (Wildman–Crippen LogP) is 2.80. The van der Waals surface area contributed by atoms with Crippen molar-refractivity contribution in [3.8, 4) is 11.5 Å². The first kappa shape index (κ1) is 18.1. The molecule has 0 spiro atoms. The van der Waals surface area contributed by atoms with Crippen molar-refractivity contribution < 1.29 is 19.1 Å². The minimum absolute atomic E-state index is 0.188. The average Bonchev–Trinajstić information content (AvgIpc) is 3.03. The van der Waals surface area contributed by atoms with Crippen molar-refractivity contribution in [2.45, 2.75) is 25.6 Å². The lowest BCUT2D eigenvalue weighted by Crippen LogP contribution is -2.40. The fourth-order valence-corrected chi connectivity index (χ4v) is 2.68. The highest BCUT2D eigenvalue weighted by Crippen LogP contribution is 2.20. The quantitative estimate of drug-likeness (QED) is 0.762. The second-order valence-electron chi connectivity index (χ2n) is 5.49. The summed E-state index contributed by atoms with van der Waals surface area (Å²) in [5, 5.41) is 11.6. The first-order valence-corrected chi connectivity index (χ1v) is 8.72. The van der Waals surface area contributed by atoms with Gasteiger partial charge in [-0.05, 0) is 26.0 Å². The van der Waals surface area contributed by atoms with Crippen molar-refractivity contribution in [1.82, 2.24) is 10.3 Å². The fourth-order valence-electron chi connectivity index (χ4n) is 1.97. The van der Waals surface area contributed by atoms with Gasteiger partial charge in [-0.2, -0.15) is 0 Å². The lowest BCUT2D eigenvalue weighted by Gasteiger charge is -2.17. The maximum absolute atomic E-state index is 11.8. The predicted molar refractivity (Wildman–Crippen MR) is 92.5 cm³/mol. The van der Waals surface area contributed by atoms with Crippen LogP contribution in [0.3, 0.4) is 0 Å². The second-order valence-corrected chi connectivity index (χ2v) is 6.47. The number of benzene rings is 1. The number of carboxylic acids is 1. The van der Waals surface area contributed by atoms with Crippen LogP contribution < -0.4 is 5.32 Å². The molecule has 2 rings (SSSR count). The number of carbonyl (C=O) groups is 2. The lowest BCUT2D eigenvalue weighted by atomic mass is 10.0. The van der Waals surface area contributed by atoms with E-state index in [0.717, 1.165) is 11.3 Å². The van der Waals surface area contributed by atoms with Crippen molar-refractivity contribution in [2.75, 3.05) is 5.75 Å². The minimum atomic E-state index is -0.925. The second kappa shape index (κ2) is 8.54. The molecule has 0 fully saturated rings. The third-order valence-electron chi connectivity index (χ3n) is 3.58. The molecule has 7 heteroatoms. The number of thioether (sulfide) groups is 1. The van der Waals surface area contributed by atoms with Gasteiger partial charge in [0.2, 0.25) is 11.8 Å². The molecule has 0 saturated carbocycles. The molecular weight excluding hydrogens is 328 g/mol. The first-order chi connectivity index (χ1) is 11.5. The number of nitrogens with one attached hydrogen (secondary N) is 1. The summed E-state index contributed by atoms with van der Waals surface area (Å²) in [6.07, 6.45) is 1.59. The molecule has 0 aliphatic carbocycles. The lowest BCUT2D eigenvalue weighted by molar-refractivity contribution is -0.142. The van der Waals surface area contributed by atoms with Crippen LogP contribution in [0.5, 0.6) is 0 Å². The van der Waals surface area contributed by atoms with Crippen LogP contribution in [0.4, 0.5) is 0 Å². The van der Waals surface area contributed by atoms with Crippen LogP contribution in [-0.4, -0.2) is 33.8 Å². The Hall–Kier alpha value is -2.28. The Morgan fingerprint density at radius 1 is 1.29 bits per heavy atom. The molecule has 2 aromatic rings. The monoisotopic (exact) mass is 348 g/mol. The van der Waals surface area contributed by atoms with Crippen LogP contribution in [0, 0.1) is 5.92 Å². The summed E-state index contributed by atoms with van der Waals surface area (Å²) in [7, 11) is 0. The highest BCUT2D eigenvalue weighted by atomic mass is 32.2. The summed E-state index contributed by atoms with van der Waals surface area (Å²) in [5.74, 6) is -0.391. The zero-order valence-electron chi connectivity index (χ0n) is 13.6. The summed E-state index contributed by atoms with van der Waals surface area (Å²) in [6, 6.07) is 9.18. The summed E-state index contributed by atoms with van der Waals surface area (Å²) >= 11 is 1.40. The van der Waals surface area contributed by atoms with E-state index in [0.29, 0.717) is 11.6 Å². The van der Waals surface area contributed by atoms with E-state index in [4.69, 9.17) is 9.52 Å². The molecule has 0 saturated heterocycles. The molecule has 2 unspecified atom stereocenters. The van der Waals surface area contributed by atoms with E-state index in [9.17, 15) is 9.59 Å². The summed E-state index contributed by atoms with van der Waals surface area (Å²) in [6.45, 7) is 3.26. The molecule has 0 radical (unpaired) electrons. The Kier molecular flexibility index (Phi) is 6.43. The Balaban J connectivity index is 1.77. The van der Waals surface area contributed by atoms with Crippen LogP contribution >= 0.6 is 11.8 Å². The van der Waals surface area contributed by atoms with Gasteiger partial charge in [-0.1, -0.05) is 18.2 Å². The van der Waals surface area contributed by atoms with Crippen LogP contribution in [0.2, 0.25) is 0 Å². The van der Waals surface area contributed by atoms with Gasteiger partial charge in [0.1, 0.15) is 6.26 Å². The number of nitrogens with zero attached hydrogens (tertiary/aromatic N) is 1. The Labute approximate surface area is 144 Å². The topological polar surface area (TPSA) is 92.4 Å². The Morgan fingerprint density at radius 2 is 2.00 bits per heavy atom. The van der Waals surface area contributed by atoms with Crippen molar-refractivity contribution in [2.24, 2.45) is 5.92 Å². The summed E-state index contributed by atoms with van der Waals surface area (Å²) in [5.41, 5.74) is 1.67. The van der Waals surface area contributed by atoms with Gasteiger partial charge in [-0.15, -0.1) is 11.8 Å². The number of rotatable bonds is 8. The number of oxazole rings is 1. The Bertz CT molecular complexity index is 687. The van der Waals surface area contributed by atoms with Crippen LogP contribution in [0.25, 0.3) is 11.5 Å². The largest absolute Gasteiger partial charge is 0.481 e. The smallest absolute Gasteiger partial charge is 0.308 e. The van der Waals surface area contributed by atoms with E-state index in [2.05, 4.69) is 10.3 Å². The zero-order valence-corrected chi connectivity index (χ0v) is 14.4. The molecule has 1 amide bonds. The van der Waals surface area contributed by atoms with Gasteiger partial charge in [0.25, 0.3) is 0 Å². The van der Waals surface area contributed by atoms with E-state index < -0.39 is 17.9 Å². The molecule has 128 valence electrons. The zero-order chi connectivity index (χ0) is 17.5. The standard InChI is InChI=1S/C17H20N2O4S/c1-11(17(21)22)12(2)18-15(20)10-24-9-14-8-23-16(19-14)13-6-4-3-5-7-13/h3-8,11-12H,9-10H2,1-2H3,(H,18,20)(H,21,22). The normalized spacial score (nSPS) is 13.2. The molecule has 1 aromatic heterocycles. The first-order valence-electron chi connectivity index (χ1n) is 7.57. The molecule has 0 bridgehead atoms. The number of amides is 1. The van der Waals surface area contributed by atoms with E-state index in [1.54, 1.807) is 20.1 Å². The van der Waals surface area contributed by atoms with E-state index in [-0.39, 0.29) is 11.7 Å². The van der Waals surface area contributed by atoms with Gasteiger partial charge in [-0.25, -0.2) is 4.98 Å². The number of aromatic nitrogens is 1. The van der Waals surface area contributed by atoms with Gasteiger partial charge in [-0.3, -0.25) is 9.59 Å². The van der Waals surface area contributed by atoms with Gasteiger partial charge in [0.15, 0.2) is 0 Å². The van der Waals surface area contributed by atoms with Gasteiger partial charge < -0.3 is 14.8 Å². The maximum Gasteiger partial charge on any atom is 0.308 e. The van der Waals surface area contributed by atoms with Crippen LogP contribution in [0.15, 0.2) is 41.0 Å². The number of carbonyl (C=O) groups excluding carboxylic acids is 1. The molecule has 0 aliphatic heterocycles. The fraction of sp³-hybridized carbons (Fsp3) is 0.353. The number of aliphatic carboxylic acids is 1. The summed E-state index contributed by atoms with van der Waals surface area (Å²) < 4.78 is 5.44. The van der Waals surface area contributed by atoms with E-state index in [1.165, 1.54) is 11.8 Å². The molecule has 0 aliphatic rings. The number of hydrogen-bond acceptors (Lipinski definition) is 5. The number of hydrogen-bond donors (Lipinski definition) is 2. The third-order valence-corrected chi connectivity index (χ3v) is 4.55. The van der Waals surface area contributed by atoms with Crippen LogP contribution in [0.1, 0.15) is 19.5 Å². The van der Waals surface area contributed by atoms with Crippen molar-refractivity contribution >= 4 is 23.6 Å². The van der Waals surface area contributed by atoms with E-state index >= 15 is 0 Å². The highest BCUT2D eigenvalue weighted by Gasteiger charge is 2.20. The maximum atomic E-state index is 11.8.